The van der Waals surface area contributed by atoms with Crippen LogP contribution in [0.5, 0.6) is 0 Å². The average molecular weight is 394 g/mol. The molecule has 1 aliphatic carbocycles. The van der Waals surface area contributed by atoms with E-state index in [-0.39, 0.29) is 17.3 Å². The molecule has 1 aliphatic rings. The summed E-state index contributed by atoms with van der Waals surface area (Å²) in [5.74, 6) is 0.771. The lowest BCUT2D eigenvalue weighted by molar-refractivity contribution is 0.137. The molecule has 1 unspecified atom stereocenters. The van der Waals surface area contributed by atoms with Crippen molar-refractivity contribution in [3.63, 3.8) is 0 Å². The van der Waals surface area contributed by atoms with Crippen LogP contribution in [0.2, 0.25) is 0 Å². The van der Waals surface area contributed by atoms with Crippen LogP contribution in [0.3, 0.4) is 0 Å². The van der Waals surface area contributed by atoms with Gasteiger partial charge in [0.2, 0.25) is 0 Å². The van der Waals surface area contributed by atoms with Gasteiger partial charge in [-0.05, 0) is 80.8 Å². The number of aliphatic hydroxyl groups excluding tert-OH is 1. The second-order valence-electron chi connectivity index (χ2n) is 8.38. The van der Waals surface area contributed by atoms with Gasteiger partial charge in [0.1, 0.15) is 11.5 Å². The maximum Gasteiger partial charge on any atom is 0.194 e. The zero-order valence-corrected chi connectivity index (χ0v) is 16.7. The van der Waals surface area contributed by atoms with Crippen molar-refractivity contribution in [1.29, 1.82) is 0 Å². The summed E-state index contributed by atoms with van der Waals surface area (Å²) < 4.78 is 15.3. The van der Waals surface area contributed by atoms with Gasteiger partial charge in [-0.1, -0.05) is 12.8 Å². The minimum atomic E-state index is -0.291. The molecule has 1 atom stereocenters. The van der Waals surface area contributed by atoms with Crippen molar-refractivity contribution in [2.45, 2.75) is 51.6 Å². The minimum Gasteiger partial charge on any atom is -0.393 e. The lowest BCUT2D eigenvalue weighted by Gasteiger charge is -2.29. The Balaban J connectivity index is 1.64. The van der Waals surface area contributed by atoms with Gasteiger partial charge in [-0.15, -0.1) is 0 Å². The van der Waals surface area contributed by atoms with E-state index in [9.17, 15) is 14.3 Å². The predicted octanol–water partition coefficient (Wildman–Crippen LogP) is 4.64. The van der Waals surface area contributed by atoms with Crippen molar-refractivity contribution in [1.82, 2.24) is 9.55 Å². The molecule has 2 heterocycles. The monoisotopic (exact) mass is 394 g/mol. The Morgan fingerprint density at radius 1 is 1.14 bits per heavy atom. The van der Waals surface area contributed by atoms with Crippen LogP contribution in [0.25, 0.3) is 16.7 Å². The molecular formula is C24H27FN2O2. The van der Waals surface area contributed by atoms with Crippen molar-refractivity contribution >= 4 is 11.0 Å². The second kappa shape index (κ2) is 8.46. The van der Waals surface area contributed by atoms with Crippen LogP contribution >= 0.6 is 0 Å². The van der Waals surface area contributed by atoms with Crippen LogP contribution in [0.4, 0.5) is 4.39 Å². The lowest BCUT2D eigenvalue weighted by Crippen LogP contribution is -2.22. The molecule has 5 heteroatoms. The van der Waals surface area contributed by atoms with Crippen LogP contribution in [0.1, 0.15) is 44.6 Å². The highest BCUT2D eigenvalue weighted by Crippen LogP contribution is 2.33. The third-order valence-electron chi connectivity index (χ3n) is 6.09. The van der Waals surface area contributed by atoms with E-state index in [2.05, 4.69) is 4.98 Å². The molecule has 4 rings (SSSR count). The molecule has 0 amide bonds. The zero-order valence-electron chi connectivity index (χ0n) is 16.7. The summed E-state index contributed by atoms with van der Waals surface area (Å²) in [6.07, 6.45) is 9.30. The average Bonchev–Trinajstić information content (AvgIpc) is 2.72. The van der Waals surface area contributed by atoms with Crippen LogP contribution in [-0.2, 0) is 6.42 Å². The number of fused-ring (bicyclic) bond motifs is 1. The van der Waals surface area contributed by atoms with Crippen LogP contribution in [0.15, 0.2) is 53.6 Å². The van der Waals surface area contributed by atoms with Gasteiger partial charge in [-0.2, -0.15) is 0 Å². The molecule has 2 aromatic heterocycles. The van der Waals surface area contributed by atoms with E-state index in [1.54, 1.807) is 24.4 Å². The first kappa shape index (κ1) is 19.8. The van der Waals surface area contributed by atoms with E-state index in [1.165, 1.54) is 12.1 Å². The summed E-state index contributed by atoms with van der Waals surface area (Å²) >= 11 is 0. The number of halogens is 1. The highest BCUT2D eigenvalue weighted by Gasteiger charge is 2.24. The van der Waals surface area contributed by atoms with Gasteiger partial charge < -0.3 is 9.67 Å². The number of nitrogens with zero attached hydrogens (tertiary/aromatic N) is 2. The van der Waals surface area contributed by atoms with Crippen molar-refractivity contribution in [2.24, 2.45) is 11.8 Å². The molecule has 0 spiro atoms. The van der Waals surface area contributed by atoms with Gasteiger partial charge in [0.15, 0.2) is 5.43 Å². The smallest absolute Gasteiger partial charge is 0.194 e. The third-order valence-corrected chi connectivity index (χ3v) is 6.09. The Hall–Kier alpha value is -2.53. The Bertz CT molecular complexity index is 1030. The number of hydrogen-bond acceptors (Lipinski definition) is 3. The maximum atomic E-state index is 13.4. The highest BCUT2D eigenvalue weighted by atomic mass is 19.1. The fourth-order valence-corrected chi connectivity index (χ4v) is 4.62. The van der Waals surface area contributed by atoms with Gasteiger partial charge in [0, 0.05) is 23.6 Å². The molecule has 29 heavy (non-hydrogen) atoms. The van der Waals surface area contributed by atoms with Gasteiger partial charge in [-0.25, -0.2) is 9.37 Å². The highest BCUT2D eigenvalue weighted by molar-refractivity contribution is 5.77. The predicted molar refractivity (Wildman–Crippen MR) is 113 cm³/mol. The number of hydrogen-bond donors (Lipinski definition) is 1. The molecule has 3 aromatic rings. The van der Waals surface area contributed by atoms with E-state index in [0.29, 0.717) is 22.9 Å². The van der Waals surface area contributed by atoms with Crippen molar-refractivity contribution in [3.8, 4) is 5.69 Å². The van der Waals surface area contributed by atoms with Crippen LogP contribution in [0, 0.1) is 17.7 Å². The Morgan fingerprint density at radius 2 is 1.83 bits per heavy atom. The lowest BCUT2D eigenvalue weighted by atomic mass is 9.77. The topological polar surface area (TPSA) is 55.1 Å². The van der Waals surface area contributed by atoms with E-state index < -0.39 is 0 Å². The number of pyridine rings is 2. The van der Waals surface area contributed by atoms with E-state index in [1.807, 2.05) is 23.8 Å². The van der Waals surface area contributed by atoms with Gasteiger partial charge >= 0.3 is 0 Å². The normalized spacial score (nSPS) is 20.7. The Morgan fingerprint density at radius 3 is 2.52 bits per heavy atom. The Labute approximate surface area is 170 Å². The van der Waals surface area contributed by atoms with Crippen LogP contribution in [-0.4, -0.2) is 20.8 Å². The molecule has 0 radical (unpaired) electrons. The molecule has 0 bridgehead atoms. The molecule has 1 N–H and O–H groups in total. The number of benzene rings is 1. The maximum absolute atomic E-state index is 13.4. The third kappa shape index (κ3) is 4.40. The van der Waals surface area contributed by atoms with Crippen molar-refractivity contribution in [2.75, 3.05) is 0 Å². The second-order valence-corrected chi connectivity index (χ2v) is 8.38. The summed E-state index contributed by atoms with van der Waals surface area (Å²) in [6, 6.07) is 9.85. The molecule has 1 saturated carbocycles. The SMILES string of the molecule is CC(O)CC1CCC(Cc2cn(-c3ccc(F)cc3)c3ncccc3c2=O)CC1. The summed E-state index contributed by atoms with van der Waals surface area (Å²) in [7, 11) is 0. The fourth-order valence-electron chi connectivity index (χ4n) is 4.62. The first-order valence-electron chi connectivity index (χ1n) is 10.4. The van der Waals surface area contributed by atoms with E-state index in [4.69, 9.17) is 0 Å². The molecule has 1 aromatic carbocycles. The van der Waals surface area contributed by atoms with Gasteiger partial charge in [0.25, 0.3) is 0 Å². The Kier molecular flexibility index (Phi) is 5.76. The van der Waals surface area contributed by atoms with E-state index in [0.717, 1.165) is 49.8 Å². The fraction of sp³-hybridized carbons (Fsp3) is 0.417. The number of aliphatic hydroxyl groups is 1. The van der Waals surface area contributed by atoms with Gasteiger partial charge in [0.05, 0.1) is 11.5 Å². The summed E-state index contributed by atoms with van der Waals surface area (Å²) in [5.41, 5.74) is 2.21. The standard InChI is InChI=1S/C24H27FN2O2/c1-16(28)13-17-4-6-18(7-5-17)14-19-15-27(21-10-8-20(25)9-11-21)24-22(23(19)29)3-2-12-26-24/h2-3,8-12,15-18,28H,4-7,13-14H2,1H3. The summed E-state index contributed by atoms with van der Waals surface area (Å²) in [5, 5.41) is 10.2. The molecule has 4 nitrogen and oxygen atoms in total. The van der Waals surface area contributed by atoms with Crippen LogP contribution < -0.4 is 5.43 Å². The van der Waals surface area contributed by atoms with Crippen molar-refractivity contribution < 1.29 is 9.50 Å². The zero-order chi connectivity index (χ0) is 20.4. The molecule has 152 valence electrons. The molecule has 0 aliphatic heterocycles. The number of rotatable bonds is 5. The van der Waals surface area contributed by atoms with Crippen molar-refractivity contribution in [3.05, 3.63) is 70.4 Å². The molecule has 0 saturated heterocycles. The van der Waals surface area contributed by atoms with Gasteiger partial charge in [-0.3, -0.25) is 4.79 Å². The van der Waals surface area contributed by atoms with E-state index >= 15 is 0 Å². The first-order chi connectivity index (χ1) is 14.0. The summed E-state index contributed by atoms with van der Waals surface area (Å²) in [6.45, 7) is 1.85. The number of aromatic nitrogens is 2. The molecule has 1 fully saturated rings. The molecular weight excluding hydrogens is 367 g/mol. The largest absolute Gasteiger partial charge is 0.393 e. The summed E-state index contributed by atoms with van der Waals surface area (Å²) in [4.78, 5) is 17.5. The first-order valence-corrected chi connectivity index (χ1v) is 10.4. The minimum absolute atomic E-state index is 0.0394. The quantitative estimate of drug-likeness (QED) is 0.686.